The van der Waals surface area contributed by atoms with Gasteiger partial charge < -0.3 is 9.84 Å². The van der Waals surface area contributed by atoms with E-state index in [2.05, 4.69) is 6.07 Å². The average molecular weight is 236 g/mol. The minimum Gasteiger partial charge on any atom is -0.481 e. The second-order valence-corrected chi connectivity index (χ2v) is 4.93. The third kappa shape index (κ3) is 4.19. The van der Waals surface area contributed by atoms with Crippen LogP contribution in [0, 0.1) is 5.41 Å². The molecule has 1 rings (SSSR count). The molecule has 1 N–H and O–H groups in total. The Hall–Kier alpha value is -1.35. The Bertz CT molecular complexity index is 383. The summed E-state index contributed by atoms with van der Waals surface area (Å²) in [6.45, 7) is 4.18. The molecular formula is C14H20O3. The molecule has 0 aliphatic heterocycles. The molecule has 1 aromatic carbocycles. The van der Waals surface area contributed by atoms with Crippen LogP contribution in [0.4, 0.5) is 0 Å². The molecule has 3 heteroatoms. The molecule has 0 radical (unpaired) electrons. The van der Waals surface area contributed by atoms with Crippen LogP contribution in [0.1, 0.15) is 25.0 Å². The van der Waals surface area contributed by atoms with Crippen LogP contribution in [0.5, 0.6) is 0 Å². The second kappa shape index (κ2) is 5.82. The number of methoxy groups -OCH3 is 1. The fourth-order valence-electron chi connectivity index (χ4n) is 1.70. The van der Waals surface area contributed by atoms with Gasteiger partial charge in [0.15, 0.2) is 0 Å². The lowest BCUT2D eigenvalue weighted by molar-refractivity contribution is -0.146. The van der Waals surface area contributed by atoms with Crippen LogP contribution >= 0.6 is 0 Å². The molecule has 17 heavy (non-hydrogen) atoms. The predicted molar refractivity (Wildman–Crippen MR) is 67.1 cm³/mol. The molecule has 0 aliphatic rings. The molecule has 0 heterocycles. The number of carbonyl (C=O) groups is 1. The van der Waals surface area contributed by atoms with Gasteiger partial charge in [-0.2, -0.15) is 0 Å². The number of hydrogen-bond donors (Lipinski definition) is 1. The van der Waals surface area contributed by atoms with E-state index in [9.17, 15) is 4.79 Å². The van der Waals surface area contributed by atoms with E-state index in [0.717, 1.165) is 12.0 Å². The number of carboxylic acids is 1. The Morgan fingerprint density at radius 3 is 2.59 bits per heavy atom. The van der Waals surface area contributed by atoms with Gasteiger partial charge in [0.25, 0.3) is 0 Å². The Balaban J connectivity index is 2.75. The predicted octanol–water partition coefficient (Wildman–Crippen LogP) is 2.53. The van der Waals surface area contributed by atoms with Crippen molar-refractivity contribution in [1.29, 1.82) is 0 Å². The average Bonchev–Trinajstić information content (AvgIpc) is 2.26. The lowest BCUT2D eigenvalue weighted by Crippen LogP contribution is -2.26. The van der Waals surface area contributed by atoms with E-state index in [-0.39, 0.29) is 0 Å². The van der Waals surface area contributed by atoms with Crippen LogP contribution in [0.25, 0.3) is 0 Å². The fraction of sp³-hybridized carbons (Fsp3) is 0.500. The largest absolute Gasteiger partial charge is 0.481 e. The first-order valence-electron chi connectivity index (χ1n) is 5.76. The van der Waals surface area contributed by atoms with E-state index in [4.69, 9.17) is 9.84 Å². The topological polar surface area (TPSA) is 46.5 Å². The maximum atomic E-state index is 11.1. The van der Waals surface area contributed by atoms with Crippen molar-refractivity contribution in [2.75, 3.05) is 13.7 Å². The van der Waals surface area contributed by atoms with Crippen molar-refractivity contribution >= 4 is 5.97 Å². The van der Waals surface area contributed by atoms with Crippen molar-refractivity contribution < 1.29 is 14.6 Å². The van der Waals surface area contributed by atoms with Gasteiger partial charge in [0.2, 0.25) is 0 Å². The fourth-order valence-corrected chi connectivity index (χ4v) is 1.70. The molecule has 0 fully saturated rings. The molecule has 0 saturated heterocycles. The summed E-state index contributed by atoms with van der Waals surface area (Å²) in [5.41, 5.74) is 1.52. The minimum absolute atomic E-state index is 0.545. The Labute approximate surface area is 102 Å². The molecule has 3 nitrogen and oxygen atoms in total. The summed E-state index contributed by atoms with van der Waals surface area (Å²) in [6, 6.07) is 8.04. The van der Waals surface area contributed by atoms with Gasteiger partial charge in [0.05, 0.1) is 12.0 Å². The first-order valence-corrected chi connectivity index (χ1v) is 5.76. The van der Waals surface area contributed by atoms with Crippen molar-refractivity contribution in [1.82, 2.24) is 0 Å². The summed E-state index contributed by atoms with van der Waals surface area (Å²) in [7, 11) is 1.68. The number of hydrogen-bond acceptors (Lipinski definition) is 2. The van der Waals surface area contributed by atoms with Gasteiger partial charge in [-0.3, -0.25) is 4.79 Å². The number of rotatable bonds is 6. The summed E-state index contributed by atoms with van der Waals surface area (Å²) in [5, 5.41) is 9.09. The van der Waals surface area contributed by atoms with Crippen LogP contribution in [0.15, 0.2) is 24.3 Å². The molecule has 94 valence electrons. The van der Waals surface area contributed by atoms with Crippen LogP contribution in [-0.4, -0.2) is 24.8 Å². The van der Waals surface area contributed by atoms with E-state index in [1.807, 2.05) is 18.2 Å². The molecular weight excluding hydrogens is 216 g/mol. The van der Waals surface area contributed by atoms with Gasteiger partial charge in [-0.15, -0.1) is 0 Å². The van der Waals surface area contributed by atoms with Gasteiger partial charge in [-0.1, -0.05) is 24.3 Å². The quantitative estimate of drug-likeness (QED) is 0.825. The van der Waals surface area contributed by atoms with Crippen LogP contribution in [-0.2, 0) is 22.4 Å². The molecule has 0 atom stereocenters. The highest BCUT2D eigenvalue weighted by Crippen LogP contribution is 2.22. The molecule has 0 spiro atoms. The first kappa shape index (κ1) is 13.7. The third-order valence-electron chi connectivity index (χ3n) is 2.81. The minimum atomic E-state index is -0.764. The first-order chi connectivity index (χ1) is 7.95. The highest BCUT2D eigenvalue weighted by molar-refractivity contribution is 5.74. The van der Waals surface area contributed by atoms with Gasteiger partial charge in [0.1, 0.15) is 0 Å². The Kier molecular flexibility index (Phi) is 4.70. The zero-order valence-electron chi connectivity index (χ0n) is 10.7. The van der Waals surface area contributed by atoms with Crippen LogP contribution in [0.2, 0.25) is 0 Å². The highest BCUT2D eigenvalue weighted by Gasteiger charge is 2.27. The Morgan fingerprint density at radius 1 is 1.35 bits per heavy atom. The summed E-state index contributed by atoms with van der Waals surface area (Å²) in [5.74, 6) is -0.764. The maximum Gasteiger partial charge on any atom is 0.309 e. The summed E-state index contributed by atoms with van der Waals surface area (Å²) in [6.07, 6.45) is 1.40. The third-order valence-corrected chi connectivity index (χ3v) is 2.81. The number of benzene rings is 1. The molecule has 1 aromatic rings. The van der Waals surface area contributed by atoms with Crippen LogP contribution < -0.4 is 0 Å². The zero-order valence-corrected chi connectivity index (χ0v) is 10.7. The smallest absolute Gasteiger partial charge is 0.309 e. The lowest BCUT2D eigenvalue weighted by Gasteiger charge is -2.19. The second-order valence-electron chi connectivity index (χ2n) is 4.93. The molecule has 0 unspecified atom stereocenters. The van der Waals surface area contributed by atoms with Gasteiger partial charge in [-0.25, -0.2) is 0 Å². The van der Waals surface area contributed by atoms with Crippen molar-refractivity contribution in [3.05, 3.63) is 35.4 Å². The van der Waals surface area contributed by atoms with E-state index < -0.39 is 11.4 Å². The SMILES string of the molecule is COCCc1cccc(CC(C)(C)C(=O)O)c1. The van der Waals surface area contributed by atoms with Crippen molar-refractivity contribution in [2.45, 2.75) is 26.7 Å². The van der Waals surface area contributed by atoms with Gasteiger partial charge >= 0.3 is 5.97 Å². The molecule has 0 bridgehead atoms. The number of carboxylic acid groups (broad SMARTS) is 1. The van der Waals surface area contributed by atoms with Crippen molar-refractivity contribution in [2.24, 2.45) is 5.41 Å². The lowest BCUT2D eigenvalue weighted by atomic mass is 9.85. The maximum absolute atomic E-state index is 11.1. The van der Waals surface area contributed by atoms with Gasteiger partial charge in [0, 0.05) is 7.11 Å². The summed E-state index contributed by atoms with van der Waals surface area (Å²) < 4.78 is 5.03. The van der Waals surface area contributed by atoms with E-state index >= 15 is 0 Å². The molecule has 0 aliphatic carbocycles. The monoisotopic (exact) mass is 236 g/mol. The van der Waals surface area contributed by atoms with E-state index in [1.165, 1.54) is 5.56 Å². The number of aliphatic carboxylic acids is 1. The van der Waals surface area contributed by atoms with E-state index in [1.54, 1.807) is 21.0 Å². The van der Waals surface area contributed by atoms with Crippen molar-refractivity contribution in [3.63, 3.8) is 0 Å². The standard InChI is InChI=1S/C14H20O3/c1-14(2,13(15)16)10-12-6-4-5-11(9-12)7-8-17-3/h4-6,9H,7-8,10H2,1-3H3,(H,15,16). The summed E-state index contributed by atoms with van der Waals surface area (Å²) >= 11 is 0. The number of ether oxygens (including phenoxy) is 1. The van der Waals surface area contributed by atoms with Gasteiger partial charge in [-0.05, 0) is 37.8 Å². The highest BCUT2D eigenvalue weighted by atomic mass is 16.5. The van der Waals surface area contributed by atoms with E-state index in [0.29, 0.717) is 13.0 Å². The molecule has 0 amide bonds. The summed E-state index contributed by atoms with van der Waals surface area (Å²) in [4.78, 5) is 11.1. The van der Waals surface area contributed by atoms with Crippen molar-refractivity contribution in [3.8, 4) is 0 Å². The molecule has 0 saturated carbocycles. The zero-order chi connectivity index (χ0) is 12.9. The molecule has 0 aromatic heterocycles. The normalized spacial score (nSPS) is 11.5. The van der Waals surface area contributed by atoms with Crippen LogP contribution in [0.3, 0.4) is 0 Å². The Morgan fingerprint density at radius 2 is 2.00 bits per heavy atom.